The average molecular weight is 276 g/mol. The van der Waals surface area contributed by atoms with E-state index in [0.29, 0.717) is 6.04 Å². The number of halogens is 1. The number of thiophene rings is 1. The first-order valence-electron chi connectivity index (χ1n) is 5.79. The Morgan fingerprint density at radius 3 is 2.81 bits per heavy atom. The topological polar surface area (TPSA) is 12.0 Å². The highest BCUT2D eigenvalue weighted by Gasteiger charge is 2.21. The second kappa shape index (κ2) is 6.29. The van der Waals surface area contributed by atoms with Gasteiger partial charge in [-0.1, -0.05) is 11.6 Å². The van der Waals surface area contributed by atoms with Crippen LogP contribution in [0.3, 0.4) is 0 Å². The van der Waals surface area contributed by atoms with Gasteiger partial charge in [0.05, 0.1) is 5.02 Å². The van der Waals surface area contributed by atoms with Gasteiger partial charge in [0.2, 0.25) is 0 Å². The van der Waals surface area contributed by atoms with Gasteiger partial charge in [-0.2, -0.15) is 11.8 Å². The fourth-order valence-electron chi connectivity index (χ4n) is 2.23. The summed E-state index contributed by atoms with van der Waals surface area (Å²) in [6, 6.07) is 2.45. The maximum atomic E-state index is 6.20. The van der Waals surface area contributed by atoms with Crippen molar-refractivity contribution in [2.75, 3.05) is 18.6 Å². The molecule has 0 amide bonds. The Morgan fingerprint density at radius 2 is 2.25 bits per heavy atom. The van der Waals surface area contributed by atoms with Crippen molar-refractivity contribution < 1.29 is 0 Å². The number of hydrogen-bond donors (Lipinski definition) is 1. The molecule has 1 saturated heterocycles. The molecule has 0 aliphatic carbocycles. The predicted octanol–water partition coefficient (Wildman–Crippen LogP) is 4.20. The number of thioether (sulfide) groups is 1. The molecule has 2 heterocycles. The fraction of sp³-hybridized carbons (Fsp3) is 0.667. The lowest BCUT2D eigenvalue weighted by Gasteiger charge is -2.25. The van der Waals surface area contributed by atoms with Crippen LogP contribution in [0.1, 0.15) is 30.2 Å². The molecular formula is C12H18ClNS2. The summed E-state index contributed by atoms with van der Waals surface area (Å²) in [4.78, 5) is 1.31. The number of nitrogens with one attached hydrogen (secondary N) is 1. The minimum atomic E-state index is 0.445. The Morgan fingerprint density at radius 1 is 1.50 bits per heavy atom. The van der Waals surface area contributed by atoms with Crippen molar-refractivity contribution in [3.8, 4) is 0 Å². The van der Waals surface area contributed by atoms with Crippen LogP contribution in [0.4, 0.5) is 0 Å². The average Bonchev–Trinajstić information content (AvgIpc) is 2.74. The zero-order valence-corrected chi connectivity index (χ0v) is 11.9. The Bertz CT molecular complexity index is 321. The van der Waals surface area contributed by atoms with Crippen LogP contribution in [0.15, 0.2) is 11.4 Å². The minimum absolute atomic E-state index is 0.445. The molecule has 1 fully saturated rings. The molecule has 90 valence electrons. The molecule has 4 heteroatoms. The van der Waals surface area contributed by atoms with Crippen LogP contribution in [-0.2, 0) is 0 Å². The third kappa shape index (κ3) is 3.16. The fourth-order valence-corrected chi connectivity index (χ4v) is 4.74. The second-order valence-electron chi connectivity index (χ2n) is 4.27. The van der Waals surface area contributed by atoms with Gasteiger partial charge in [-0.25, -0.2) is 0 Å². The van der Waals surface area contributed by atoms with Gasteiger partial charge in [0, 0.05) is 10.9 Å². The SMILES string of the molecule is CNC(CC1CCSCC1)c1sccc1Cl. The van der Waals surface area contributed by atoms with E-state index in [1.54, 1.807) is 11.3 Å². The van der Waals surface area contributed by atoms with Crippen LogP contribution in [0, 0.1) is 5.92 Å². The summed E-state index contributed by atoms with van der Waals surface area (Å²) < 4.78 is 0. The van der Waals surface area contributed by atoms with Crippen LogP contribution in [-0.4, -0.2) is 18.6 Å². The van der Waals surface area contributed by atoms with Crippen molar-refractivity contribution in [3.05, 3.63) is 21.3 Å². The van der Waals surface area contributed by atoms with E-state index in [0.717, 1.165) is 10.9 Å². The molecule has 16 heavy (non-hydrogen) atoms. The van der Waals surface area contributed by atoms with Crippen molar-refractivity contribution in [1.29, 1.82) is 0 Å². The molecule has 0 saturated carbocycles. The summed E-state index contributed by atoms with van der Waals surface area (Å²) in [7, 11) is 2.04. The summed E-state index contributed by atoms with van der Waals surface area (Å²) in [5.74, 6) is 3.54. The van der Waals surface area contributed by atoms with Crippen LogP contribution >= 0.6 is 34.7 Å². The van der Waals surface area contributed by atoms with Crippen LogP contribution in [0.5, 0.6) is 0 Å². The van der Waals surface area contributed by atoms with Crippen molar-refractivity contribution in [1.82, 2.24) is 5.32 Å². The Kier molecular flexibility index (Phi) is 5.01. The van der Waals surface area contributed by atoms with E-state index in [-0.39, 0.29) is 0 Å². The highest BCUT2D eigenvalue weighted by atomic mass is 35.5. The van der Waals surface area contributed by atoms with Crippen molar-refractivity contribution in [3.63, 3.8) is 0 Å². The maximum absolute atomic E-state index is 6.20. The maximum Gasteiger partial charge on any atom is 0.0561 e. The van der Waals surface area contributed by atoms with Crippen molar-refractivity contribution in [2.45, 2.75) is 25.3 Å². The van der Waals surface area contributed by atoms with Crippen LogP contribution in [0.25, 0.3) is 0 Å². The van der Waals surface area contributed by atoms with Gasteiger partial charge in [0.15, 0.2) is 0 Å². The zero-order chi connectivity index (χ0) is 11.4. The van der Waals surface area contributed by atoms with Gasteiger partial charge in [-0.3, -0.25) is 0 Å². The van der Waals surface area contributed by atoms with Gasteiger partial charge in [-0.05, 0) is 55.2 Å². The van der Waals surface area contributed by atoms with E-state index in [2.05, 4.69) is 22.5 Å². The highest BCUT2D eigenvalue weighted by molar-refractivity contribution is 7.99. The second-order valence-corrected chi connectivity index (χ2v) is 6.85. The first kappa shape index (κ1) is 12.7. The van der Waals surface area contributed by atoms with Gasteiger partial charge >= 0.3 is 0 Å². The molecule has 2 rings (SSSR count). The minimum Gasteiger partial charge on any atom is -0.312 e. The number of hydrogen-bond acceptors (Lipinski definition) is 3. The van der Waals surface area contributed by atoms with Gasteiger partial charge in [0.25, 0.3) is 0 Å². The first-order valence-corrected chi connectivity index (χ1v) is 8.20. The third-order valence-corrected chi connectivity index (χ3v) is 5.74. The van der Waals surface area contributed by atoms with E-state index in [1.165, 1.54) is 35.6 Å². The Hall–Kier alpha value is 0.300. The molecule has 0 spiro atoms. The van der Waals surface area contributed by atoms with Gasteiger partial charge < -0.3 is 5.32 Å². The lowest BCUT2D eigenvalue weighted by molar-refractivity contribution is 0.387. The molecule has 1 N–H and O–H groups in total. The molecule has 1 unspecified atom stereocenters. The van der Waals surface area contributed by atoms with E-state index < -0.39 is 0 Å². The highest BCUT2D eigenvalue weighted by Crippen LogP contribution is 2.35. The summed E-state index contributed by atoms with van der Waals surface area (Å²) >= 11 is 10.1. The molecule has 1 aromatic heterocycles. The molecule has 0 aromatic carbocycles. The molecule has 0 bridgehead atoms. The predicted molar refractivity (Wildman–Crippen MR) is 75.8 cm³/mol. The molecule has 1 aliphatic heterocycles. The monoisotopic (exact) mass is 275 g/mol. The molecule has 0 radical (unpaired) electrons. The largest absolute Gasteiger partial charge is 0.312 e. The van der Waals surface area contributed by atoms with Gasteiger partial charge in [0.1, 0.15) is 0 Å². The number of rotatable bonds is 4. The smallest absolute Gasteiger partial charge is 0.0561 e. The normalized spacial score (nSPS) is 19.9. The molecular weight excluding hydrogens is 258 g/mol. The first-order chi connectivity index (χ1) is 7.81. The summed E-state index contributed by atoms with van der Waals surface area (Å²) in [6.07, 6.45) is 3.97. The summed E-state index contributed by atoms with van der Waals surface area (Å²) in [5, 5.41) is 6.42. The summed E-state index contributed by atoms with van der Waals surface area (Å²) in [5.41, 5.74) is 0. The van der Waals surface area contributed by atoms with E-state index in [1.807, 2.05) is 13.1 Å². The van der Waals surface area contributed by atoms with Gasteiger partial charge in [-0.15, -0.1) is 11.3 Å². The van der Waals surface area contributed by atoms with E-state index in [4.69, 9.17) is 11.6 Å². The van der Waals surface area contributed by atoms with Crippen LogP contribution < -0.4 is 5.32 Å². The molecule has 1 atom stereocenters. The van der Waals surface area contributed by atoms with E-state index >= 15 is 0 Å². The quantitative estimate of drug-likeness (QED) is 0.884. The van der Waals surface area contributed by atoms with Crippen LogP contribution in [0.2, 0.25) is 5.02 Å². The zero-order valence-electron chi connectivity index (χ0n) is 9.54. The Labute approximate surface area is 111 Å². The third-order valence-electron chi connectivity index (χ3n) is 3.22. The standard InChI is InChI=1S/C12H18ClNS2/c1-14-11(12-10(13)4-7-16-12)8-9-2-5-15-6-3-9/h4,7,9,11,14H,2-3,5-6,8H2,1H3. The molecule has 1 aliphatic rings. The lowest BCUT2D eigenvalue weighted by Crippen LogP contribution is -2.21. The molecule has 1 nitrogen and oxygen atoms in total. The van der Waals surface area contributed by atoms with Crippen molar-refractivity contribution >= 4 is 34.7 Å². The van der Waals surface area contributed by atoms with Crippen molar-refractivity contribution in [2.24, 2.45) is 5.92 Å². The summed E-state index contributed by atoms with van der Waals surface area (Å²) in [6.45, 7) is 0. The van der Waals surface area contributed by atoms with E-state index in [9.17, 15) is 0 Å². The lowest BCUT2D eigenvalue weighted by atomic mass is 9.93. The molecule has 1 aromatic rings. The Balaban J connectivity index is 1.97.